The summed E-state index contributed by atoms with van der Waals surface area (Å²) in [6, 6.07) is 17.6. The van der Waals surface area contributed by atoms with Crippen LogP contribution in [0.3, 0.4) is 0 Å². The van der Waals surface area contributed by atoms with Crippen molar-refractivity contribution < 1.29 is 14.7 Å². The van der Waals surface area contributed by atoms with Crippen molar-refractivity contribution in [2.45, 2.75) is 23.5 Å². The monoisotopic (exact) mass is 341 g/mol. The van der Waals surface area contributed by atoms with E-state index in [1.54, 1.807) is 23.9 Å². The van der Waals surface area contributed by atoms with E-state index in [0.29, 0.717) is 18.4 Å². The third kappa shape index (κ3) is 3.97. The standard InChI is InChI=1S/C19H19NO3S/c21-17(20-13-19(10-11-19)18(22)23)15-8-6-14(7-9-15)12-24-16-4-2-1-3-5-16/h1-9H,10-13H2,(H,20,21)(H,22,23). The number of carbonyl (C=O) groups is 2. The minimum Gasteiger partial charge on any atom is -0.481 e. The second kappa shape index (κ2) is 7.09. The molecule has 0 radical (unpaired) electrons. The fourth-order valence-electron chi connectivity index (χ4n) is 2.40. The lowest BCUT2D eigenvalue weighted by Gasteiger charge is -2.11. The summed E-state index contributed by atoms with van der Waals surface area (Å²) in [5.41, 5.74) is 0.969. The van der Waals surface area contributed by atoms with Gasteiger partial charge in [-0.15, -0.1) is 11.8 Å². The summed E-state index contributed by atoms with van der Waals surface area (Å²) in [7, 11) is 0. The van der Waals surface area contributed by atoms with E-state index in [2.05, 4.69) is 17.4 Å². The molecule has 1 amide bonds. The maximum atomic E-state index is 12.1. The Bertz CT molecular complexity index is 724. The summed E-state index contributed by atoms with van der Waals surface area (Å²) in [6.45, 7) is 0.201. The number of nitrogens with one attached hydrogen (secondary N) is 1. The highest BCUT2D eigenvalue weighted by molar-refractivity contribution is 7.98. The van der Waals surface area contributed by atoms with Crippen LogP contribution in [-0.4, -0.2) is 23.5 Å². The first-order valence-electron chi connectivity index (χ1n) is 7.87. The number of aliphatic carboxylic acids is 1. The van der Waals surface area contributed by atoms with Crippen LogP contribution in [0.2, 0.25) is 0 Å². The van der Waals surface area contributed by atoms with Gasteiger partial charge in [0.2, 0.25) is 0 Å². The van der Waals surface area contributed by atoms with Gasteiger partial charge in [-0.1, -0.05) is 30.3 Å². The van der Waals surface area contributed by atoms with Gasteiger partial charge in [0, 0.05) is 22.8 Å². The summed E-state index contributed by atoms with van der Waals surface area (Å²) in [5, 5.41) is 11.9. The Morgan fingerprint density at radius 3 is 2.29 bits per heavy atom. The van der Waals surface area contributed by atoms with Crippen LogP contribution < -0.4 is 5.32 Å². The number of rotatable bonds is 7. The van der Waals surface area contributed by atoms with Crippen molar-refractivity contribution in [1.82, 2.24) is 5.32 Å². The molecule has 24 heavy (non-hydrogen) atoms. The average Bonchev–Trinajstić information content (AvgIpc) is 3.41. The van der Waals surface area contributed by atoms with E-state index in [1.165, 1.54) is 4.90 Å². The third-order valence-electron chi connectivity index (χ3n) is 4.26. The Balaban J connectivity index is 1.52. The maximum Gasteiger partial charge on any atom is 0.311 e. The van der Waals surface area contributed by atoms with Crippen molar-refractivity contribution in [2.24, 2.45) is 5.41 Å². The fourth-order valence-corrected chi connectivity index (χ4v) is 3.28. The smallest absolute Gasteiger partial charge is 0.311 e. The molecule has 3 rings (SSSR count). The third-order valence-corrected chi connectivity index (χ3v) is 5.34. The van der Waals surface area contributed by atoms with Crippen molar-refractivity contribution in [3.05, 3.63) is 65.7 Å². The van der Waals surface area contributed by atoms with Crippen LogP contribution in [0.5, 0.6) is 0 Å². The Labute approximate surface area is 145 Å². The zero-order valence-corrected chi connectivity index (χ0v) is 14.0. The van der Waals surface area contributed by atoms with E-state index in [9.17, 15) is 9.59 Å². The van der Waals surface area contributed by atoms with Crippen LogP contribution in [0, 0.1) is 5.41 Å². The SMILES string of the molecule is O=C(NCC1(C(=O)O)CC1)c1ccc(CSc2ccccc2)cc1. The first-order valence-corrected chi connectivity index (χ1v) is 8.86. The van der Waals surface area contributed by atoms with Crippen LogP contribution in [0.15, 0.2) is 59.5 Å². The first-order chi connectivity index (χ1) is 11.6. The van der Waals surface area contributed by atoms with Crippen LogP contribution >= 0.6 is 11.8 Å². The molecule has 5 heteroatoms. The molecule has 0 atom stereocenters. The van der Waals surface area contributed by atoms with Crippen LogP contribution in [-0.2, 0) is 10.5 Å². The normalized spacial score (nSPS) is 14.8. The molecule has 4 nitrogen and oxygen atoms in total. The quantitative estimate of drug-likeness (QED) is 0.756. The Kier molecular flexibility index (Phi) is 4.90. The highest BCUT2D eigenvalue weighted by Crippen LogP contribution is 2.45. The number of carboxylic acid groups (broad SMARTS) is 1. The van der Waals surface area contributed by atoms with Gasteiger partial charge < -0.3 is 10.4 Å². The van der Waals surface area contributed by atoms with Crippen molar-refractivity contribution in [1.29, 1.82) is 0 Å². The molecule has 1 fully saturated rings. The highest BCUT2D eigenvalue weighted by Gasteiger charge is 2.50. The summed E-state index contributed by atoms with van der Waals surface area (Å²) in [4.78, 5) is 24.4. The molecule has 1 saturated carbocycles. The van der Waals surface area contributed by atoms with Crippen LogP contribution in [0.1, 0.15) is 28.8 Å². The molecule has 2 aromatic carbocycles. The summed E-state index contributed by atoms with van der Waals surface area (Å²) >= 11 is 1.75. The van der Waals surface area contributed by atoms with Gasteiger partial charge in [0.25, 0.3) is 5.91 Å². The largest absolute Gasteiger partial charge is 0.481 e. The molecule has 0 aromatic heterocycles. The molecule has 1 aliphatic rings. The van der Waals surface area contributed by atoms with Crippen LogP contribution in [0.25, 0.3) is 0 Å². The van der Waals surface area contributed by atoms with E-state index in [0.717, 1.165) is 11.3 Å². The summed E-state index contributed by atoms with van der Waals surface area (Å²) in [6.07, 6.45) is 1.27. The zero-order chi connectivity index (χ0) is 17.0. The molecule has 0 bridgehead atoms. The topological polar surface area (TPSA) is 66.4 Å². The number of hydrogen-bond donors (Lipinski definition) is 2. The molecule has 1 aliphatic carbocycles. The molecule has 0 saturated heterocycles. The Hall–Kier alpha value is -2.27. The summed E-state index contributed by atoms with van der Waals surface area (Å²) in [5.74, 6) is -0.200. The predicted molar refractivity (Wildman–Crippen MR) is 94.1 cm³/mol. The molecule has 2 aromatic rings. The number of carbonyl (C=O) groups excluding carboxylic acids is 1. The van der Waals surface area contributed by atoms with E-state index in [1.807, 2.05) is 30.3 Å². The molecule has 0 heterocycles. The molecular weight excluding hydrogens is 322 g/mol. The van der Waals surface area contributed by atoms with Gasteiger partial charge in [0.05, 0.1) is 5.41 Å². The fraction of sp³-hybridized carbons (Fsp3) is 0.263. The minimum absolute atomic E-state index is 0.201. The van der Waals surface area contributed by atoms with Crippen LogP contribution in [0.4, 0.5) is 0 Å². The lowest BCUT2D eigenvalue weighted by molar-refractivity contribution is -0.143. The molecule has 0 aliphatic heterocycles. The van der Waals surface area contributed by atoms with E-state index >= 15 is 0 Å². The van der Waals surface area contributed by atoms with E-state index in [-0.39, 0.29) is 12.5 Å². The van der Waals surface area contributed by atoms with Gasteiger partial charge in [-0.25, -0.2) is 0 Å². The molecular formula is C19H19NO3S. The number of thioether (sulfide) groups is 1. The minimum atomic E-state index is -0.823. The number of hydrogen-bond acceptors (Lipinski definition) is 3. The van der Waals surface area contributed by atoms with E-state index in [4.69, 9.17) is 5.11 Å². The second-order valence-corrected chi connectivity index (χ2v) is 7.12. The first kappa shape index (κ1) is 16.6. The lowest BCUT2D eigenvalue weighted by Crippen LogP contribution is -2.34. The molecule has 0 spiro atoms. The van der Waals surface area contributed by atoms with Gasteiger partial charge in [0.15, 0.2) is 0 Å². The Morgan fingerprint density at radius 2 is 1.71 bits per heavy atom. The molecule has 124 valence electrons. The van der Waals surface area contributed by atoms with Gasteiger partial charge in [-0.2, -0.15) is 0 Å². The second-order valence-electron chi connectivity index (χ2n) is 6.07. The lowest BCUT2D eigenvalue weighted by atomic mass is 10.1. The zero-order valence-electron chi connectivity index (χ0n) is 13.2. The number of benzene rings is 2. The predicted octanol–water partition coefficient (Wildman–Crippen LogP) is 3.57. The average molecular weight is 341 g/mol. The van der Waals surface area contributed by atoms with Gasteiger partial charge in [-0.3, -0.25) is 9.59 Å². The van der Waals surface area contributed by atoms with Gasteiger partial charge in [-0.05, 0) is 42.7 Å². The van der Waals surface area contributed by atoms with Crippen molar-refractivity contribution >= 4 is 23.6 Å². The van der Waals surface area contributed by atoms with E-state index < -0.39 is 11.4 Å². The Morgan fingerprint density at radius 1 is 1.04 bits per heavy atom. The summed E-state index contributed by atoms with van der Waals surface area (Å²) < 4.78 is 0. The maximum absolute atomic E-state index is 12.1. The van der Waals surface area contributed by atoms with Crippen molar-refractivity contribution in [2.75, 3.05) is 6.54 Å². The highest BCUT2D eigenvalue weighted by atomic mass is 32.2. The number of amides is 1. The number of carboxylic acids is 1. The molecule has 2 N–H and O–H groups in total. The van der Waals surface area contributed by atoms with Crippen molar-refractivity contribution in [3.8, 4) is 0 Å². The van der Waals surface area contributed by atoms with Crippen molar-refractivity contribution in [3.63, 3.8) is 0 Å². The molecule has 0 unspecified atom stereocenters. The van der Waals surface area contributed by atoms with Gasteiger partial charge >= 0.3 is 5.97 Å². The van der Waals surface area contributed by atoms with Gasteiger partial charge in [0.1, 0.15) is 0 Å².